The molecule has 1 heterocycles. The number of para-hydroxylation sites is 1. The van der Waals surface area contributed by atoms with Crippen LogP contribution in [-0.2, 0) is 16.0 Å². The lowest BCUT2D eigenvalue weighted by Gasteiger charge is -2.18. The van der Waals surface area contributed by atoms with E-state index >= 15 is 0 Å². The van der Waals surface area contributed by atoms with Crippen LogP contribution in [0.2, 0.25) is 0 Å². The SMILES string of the molecule is CC1(C)Cc2cccc(OCC(=O)N[C@H](C(=O)O)c3ccccc3)c2O1. The molecule has 2 N–H and O–H groups in total. The highest BCUT2D eigenvalue weighted by Crippen LogP contribution is 2.41. The van der Waals surface area contributed by atoms with Gasteiger partial charge in [-0.1, -0.05) is 42.5 Å². The van der Waals surface area contributed by atoms with Crippen molar-refractivity contribution < 1.29 is 24.2 Å². The van der Waals surface area contributed by atoms with E-state index in [2.05, 4.69) is 5.32 Å². The molecule has 136 valence electrons. The van der Waals surface area contributed by atoms with Crippen LogP contribution in [-0.4, -0.2) is 29.2 Å². The summed E-state index contributed by atoms with van der Waals surface area (Å²) >= 11 is 0. The van der Waals surface area contributed by atoms with Crippen molar-refractivity contribution in [2.75, 3.05) is 6.61 Å². The van der Waals surface area contributed by atoms with Gasteiger partial charge in [-0.15, -0.1) is 0 Å². The Labute approximate surface area is 151 Å². The third-order valence-electron chi connectivity index (χ3n) is 4.10. The smallest absolute Gasteiger partial charge is 0.330 e. The molecular weight excluding hydrogens is 334 g/mol. The van der Waals surface area contributed by atoms with Crippen LogP contribution in [0.25, 0.3) is 0 Å². The predicted octanol–water partition coefficient (Wildman–Crippen LogP) is 2.72. The summed E-state index contributed by atoms with van der Waals surface area (Å²) in [6, 6.07) is 13.0. The van der Waals surface area contributed by atoms with Crippen LogP contribution in [0.4, 0.5) is 0 Å². The maximum atomic E-state index is 12.2. The van der Waals surface area contributed by atoms with Gasteiger partial charge in [-0.3, -0.25) is 4.79 Å². The Morgan fingerprint density at radius 1 is 1.19 bits per heavy atom. The number of hydrogen-bond acceptors (Lipinski definition) is 4. The van der Waals surface area contributed by atoms with Crippen LogP contribution in [0.3, 0.4) is 0 Å². The Balaban J connectivity index is 1.65. The van der Waals surface area contributed by atoms with Crippen LogP contribution < -0.4 is 14.8 Å². The summed E-state index contributed by atoms with van der Waals surface area (Å²) in [5, 5.41) is 11.9. The molecule has 0 aromatic heterocycles. The van der Waals surface area contributed by atoms with Crippen LogP contribution in [0.15, 0.2) is 48.5 Å². The lowest BCUT2D eigenvalue weighted by molar-refractivity contribution is -0.142. The van der Waals surface area contributed by atoms with E-state index in [0.29, 0.717) is 17.1 Å². The molecule has 0 radical (unpaired) electrons. The summed E-state index contributed by atoms with van der Waals surface area (Å²) in [6.07, 6.45) is 0.765. The number of amides is 1. The molecule has 0 saturated carbocycles. The average molecular weight is 355 g/mol. The predicted molar refractivity (Wildman–Crippen MR) is 95.3 cm³/mol. The molecule has 0 saturated heterocycles. The Morgan fingerprint density at radius 3 is 2.62 bits per heavy atom. The van der Waals surface area contributed by atoms with Crippen LogP contribution in [0.1, 0.15) is 31.0 Å². The van der Waals surface area contributed by atoms with Crippen molar-refractivity contribution in [1.29, 1.82) is 0 Å². The summed E-state index contributed by atoms with van der Waals surface area (Å²) in [4.78, 5) is 23.7. The van der Waals surface area contributed by atoms with Crippen molar-refractivity contribution in [2.24, 2.45) is 0 Å². The number of carbonyl (C=O) groups is 2. The fraction of sp³-hybridized carbons (Fsp3) is 0.300. The number of hydrogen-bond donors (Lipinski definition) is 2. The van der Waals surface area contributed by atoms with Gasteiger partial charge in [0.25, 0.3) is 5.91 Å². The van der Waals surface area contributed by atoms with Gasteiger partial charge in [-0.25, -0.2) is 4.79 Å². The van der Waals surface area contributed by atoms with Crippen molar-refractivity contribution in [3.05, 3.63) is 59.7 Å². The molecule has 26 heavy (non-hydrogen) atoms. The van der Waals surface area contributed by atoms with E-state index in [9.17, 15) is 14.7 Å². The number of nitrogens with one attached hydrogen (secondary N) is 1. The summed E-state index contributed by atoms with van der Waals surface area (Å²) in [6.45, 7) is 3.68. The number of benzene rings is 2. The minimum atomic E-state index is -1.13. The largest absolute Gasteiger partial charge is 0.483 e. The molecule has 1 aliphatic heterocycles. The minimum absolute atomic E-state index is 0.295. The standard InChI is InChI=1S/C20H21NO5/c1-20(2)11-14-9-6-10-15(18(14)26-20)25-12-16(22)21-17(19(23)24)13-7-4-3-5-8-13/h3-10,17H,11-12H2,1-2H3,(H,21,22)(H,23,24)/t17-/m0/s1. The number of fused-ring (bicyclic) bond motifs is 1. The third-order valence-corrected chi connectivity index (χ3v) is 4.10. The monoisotopic (exact) mass is 355 g/mol. The van der Waals surface area contributed by atoms with Gasteiger partial charge < -0.3 is 19.9 Å². The second kappa shape index (κ2) is 7.07. The first-order chi connectivity index (χ1) is 12.4. The molecule has 1 aliphatic rings. The quantitative estimate of drug-likeness (QED) is 0.832. The molecule has 0 spiro atoms. The van der Waals surface area contributed by atoms with Gasteiger partial charge in [-0.05, 0) is 25.5 Å². The Morgan fingerprint density at radius 2 is 1.92 bits per heavy atom. The zero-order valence-corrected chi connectivity index (χ0v) is 14.7. The Bertz CT molecular complexity index is 816. The van der Waals surface area contributed by atoms with E-state index in [1.54, 1.807) is 36.4 Å². The van der Waals surface area contributed by atoms with E-state index in [4.69, 9.17) is 9.47 Å². The van der Waals surface area contributed by atoms with E-state index in [-0.39, 0.29) is 12.2 Å². The number of aliphatic carboxylic acids is 1. The molecule has 6 heteroatoms. The maximum Gasteiger partial charge on any atom is 0.330 e. The number of carboxylic acid groups (broad SMARTS) is 1. The molecule has 1 amide bonds. The summed E-state index contributed by atoms with van der Waals surface area (Å²) in [5.41, 5.74) is 1.21. The number of carbonyl (C=O) groups excluding carboxylic acids is 1. The molecule has 0 unspecified atom stereocenters. The molecular formula is C20H21NO5. The van der Waals surface area contributed by atoms with Gasteiger partial charge in [0.15, 0.2) is 24.1 Å². The summed E-state index contributed by atoms with van der Waals surface area (Å²) < 4.78 is 11.5. The van der Waals surface area contributed by atoms with Crippen molar-refractivity contribution in [1.82, 2.24) is 5.32 Å². The van der Waals surface area contributed by atoms with Gasteiger partial charge in [0.05, 0.1) is 0 Å². The fourth-order valence-electron chi connectivity index (χ4n) is 2.98. The van der Waals surface area contributed by atoms with Crippen molar-refractivity contribution in [2.45, 2.75) is 31.9 Å². The van der Waals surface area contributed by atoms with Gasteiger partial charge in [0.2, 0.25) is 0 Å². The maximum absolute atomic E-state index is 12.2. The first kappa shape index (κ1) is 17.8. The van der Waals surface area contributed by atoms with Crippen molar-refractivity contribution >= 4 is 11.9 Å². The summed E-state index contributed by atoms with van der Waals surface area (Å²) in [5.74, 6) is -0.524. The van der Waals surface area contributed by atoms with Crippen LogP contribution in [0.5, 0.6) is 11.5 Å². The van der Waals surface area contributed by atoms with E-state index in [1.165, 1.54) is 0 Å². The number of rotatable bonds is 6. The van der Waals surface area contributed by atoms with Crippen molar-refractivity contribution in [3.63, 3.8) is 0 Å². The summed E-state index contributed by atoms with van der Waals surface area (Å²) in [7, 11) is 0. The molecule has 0 fully saturated rings. The molecule has 2 aromatic rings. The highest BCUT2D eigenvalue weighted by molar-refractivity contribution is 5.85. The molecule has 0 aliphatic carbocycles. The Hall–Kier alpha value is -3.02. The average Bonchev–Trinajstić information content (AvgIpc) is 2.92. The second-order valence-electron chi connectivity index (χ2n) is 6.82. The molecule has 3 rings (SSSR count). The minimum Gasteiger partial charge on any atom is -0.483 e. The lowest BCUT2D eigenvalue weighted by atomic mass is 10.0. The van der Waals surface area contributed by atoms with Gasteiger partial charge >= 0.3 is 5.97 Å². The molecule has 0 bridgehead atoms. The topological polar surface area (TPSA) is 84.9 Å². The highest BCUT2D eigenvalue weighted by Gasteiger charge is 2.32. The zero-order valence-electron chi connectivity index (χ0n) is 14.7. The number of carboxylic acids is 1. The zero-order chi connectivity index (χ0) is 18.7. The first-order valence-electron chi connectivity index (χ1n) is 8.36. The highest BCUT2D eigenvalue weighted by atomic mass is 16.5. The molecule has 2 aromatic carbocycles. The van der Waals surface area contributed by atoms with E-state index < -0.39 is 17.9 Å². The Kier molecular flexibility index (Phi) is 4.84. The van der Waals surface area contributed by atoms with Crippen molar-refractivity contribution in [3.8, 4) is 11.5 Å². The normalized spacial score (nSPS) is 15.5. The lowest BCUT2D eigenvalue weighted by Crippen LogP contribution is -2.36. The van der Waals surface area contributed by atoms with Gasteiger partial charge in [0, 0.05) is 12.0 Å². The van der Waals surface area contributed by atoms with Gasteiger partial charge in [0.1, 0.15) is 5.60 Å². The van der Waals surface area contributed by atoms with Gasteiger partial charge in [-0.2, -0.15) is 0 Å². The first-order valence-corrected chi connectivity index (χ1v) is 8.36. The third kappa shape index (κ3) is 3.96. The molecule has 6 nitrogen and oxygen atoms in total. The molecule has 1 atom stereocenters. The van der Waals surface area contributed by atoms with Crippen LogP contribution >= 0.6 is 0 Å². The fourth-order valence-corrected chi connectivity index (χ4v) is 2.98. The second-order valence-corrected chi connectivity index (χ2v) is 6.82. The van der Waals surface area contributed by atoms with Crippen LogP contribution in [0, 0.1) is 0 Å². The number of ether oxygens (including phenoxy) is 2. The van der Waals surface area contributed by atoms with E-state index in [1.807, 2.05) is 26.0 Å². The van der Waals surface area contributed by atoms with E-state index in [0.717, 1.165) is 12.0 Å².